The first-order chi connectivity index (χ1) is 10.5. The fourth-order valence-electron chi connectivity index (χ4n) is 2.56. The molecule has 0 aromatic heterocycles. The monoisotopic (exact) mass is 285 g/mol. The van der Waals surface area contributed by atoms with E-state index in [9.17, 15) is 0 Å². The smallest absolute Gasteiger partial charge is 0.0125 e. The molecule has 0 heteroatoms. The SMILES string of the molecule is CC(C)(C)c1[c]ccc(-c2ccc(-c3ccccc3)cc2)c1. The molecule has 0 aliphatic carbocycles. The summed E-state index contributed by atoms with van der Waals surface area (Å²) in [5.74, 6) is 0. The molecule has 0 nitrogen and oxygen atoms in total. The molecular formula is C22H21. The fraction of sp³-hybridized carbons (Fsp3) is 0.182. The Balaban J connectivity index is 1.94. The first kappa shape index (κ1) is 14.6. The van der Waals surface area contributed by atoms with Crippen molar-refractivity contribution >= 4 is 0 Å². The summed E-state index contributed by atoms with van der Waals surface area (Å²) < 4.78 is 0. The van der Waals surface area contributed by atoms with E-state index in [0.717, 1.165) is 0 Å². The van der Waals surface area contributed by atoms with E-state index < -0.39 is 0 Å². The standard InChI is InChI=1S/C22H21/c1-22(2,3)21-11-7-10-20(16-21)19-14-12-18(13-15-19)17-8-5-4-6-9-17/h4-10,12-16H,1-3H3. The highest BCUT2D eigenvalue weighted by atomic mass is 14.2. The molecule has 22 heavy (non-hydrogen) atoms. The van der Waals surface area contributed by atoms with Crippen LogP contribution in [0.2, 0.25) is 0 Å². The van der Waals surface area contributed by atoms with Gasteiger partial charge in [0, 0.05) is 0 Å². The van der Waals surface area contributed by atoms with Crippen LogP contribution in [0.15, 0.2) is 72.8 Å². The topological polar surface area (TPSA) is 0 Å². The summed E-state index contributed by atoms with van der Waals surface area (Å²) in [6.45, 7) is 6.67. The molecule has 0 N–H and O–H groups in total. The molecule has 0 bridgehead atoms. The van der Waals surface area contributed by atoms with Gasteiger partial charge in [-0.25, -0.2) is 0 Å². The first-order valence-corrected chi connectivity index (χ1v) is 7.72. The van der Waals surface area contributed by atoms with Crippen molar-refractivity contribution in [2.45, 2.75) is 26.2 Å². The summed E-state index contributed by atoms with van der Waals surface area (Å²) in [6, 6.07) is 29.0. The quantitative estimate of drug-likeness (QED) is 0.532. The molecule has 3 aromatic rings. The minimum Gasteiger partial charge on any atom is -0.0622 e. The van der Waals surface area contributed by atoms with Crippen LogP contribution in [0.4, 0.5) is 0 Å². The Morgan fingerprint density at radius 1 is 0.636 bits per heavy atom. The van der Waals surface area contributed by atoms with Crippen LogP contribution >= 0.6 is 0 Å². The van der Waals surface area contributed by atoms with E-state index >= 15 is 0 Å². The second-order valence-electron chi connectivity index (χ2n) is 6.68. The second-order valence-corrected chi connectivity index (χ2v) is 6.68. The molecule has 0 saturated heterocycles. The summed E-state index contributed by atoms with van der Waals surface area (Å²) in [4.78, 5) is 0. The minimum absolute atomic E-state index is 0.125. The van der Waals surface area contributed by atoms with Gasteiger partial charge in [-0.3, -0.25) is 0 Å². The molecule has 0 aliphatic rings. The van der Waals surface area contributed by atoms with Crippen LogP contribution in [-0.4, -0.2) is 0 Å². The van der Waals surface area contributed by atoms with Gasteiger partial charge in [-0.15, -0.1) is 0 Å². The highest BCUT2D eigenvalue weighted by molar-refractivity contribution is 5.70. The molecule has 0 fully saturated rings. The lowest BCUT2D eigenvalue weighted by molar-refractivity contribution is 0.589. The molecule has 0 spiro atoms. The normalized spacial score (nSPS) is 11.4. The van der Waals surface area contributed by atoms with Gasteiger partial charge in [-0.2, -0.15) is 0 Å². The van der Waals surface area contributed by atoms with Crippen molar-refractivity contribution in [1.29, 1.82) is 0 Å². The Labute approximate surface area is 133 Å². The van der Waals surface area contributed by atoms with Crippen LogP contribution in [0.1, 0.15) is 26.3 Å². The zero-order valence-electron chi connectivity index (χ0n) is 13.4. The van der Waals surface area contributed by atoms with Crippen LogP contribution in [0.3, 0.4) is 0 Å². The lowest BCUT2D eigenvalue weighted by Gasteiger charge is -2.19. The predicted octanol–water partition coefficient (Wildman–Crippen LogP) is 6.12. The van der Waals surface area contributed by atoms with Crippen LogP contribution in [0.25, 0.3) is 22.3 Å². The predicted molar refractivity (Wildman–Crippen MR) is 94.9 cm³/mol. The molecule has 3 aromatic carbocycles. The second kappa shape index (κ2) is 5.81. The molecule has 0 aliphatic heterocycles. The van der Waals surface area contributed by atoms with E-state index in [1.165, 1.54) is 27.8 Å². The van der Waals surface area contributed by atoms with Gasteiger partial charge >= 0.3 is 0 Å². The van der Waals surface area contributed by atoms with Gasteiger partial charge in [-0.05, 0) is 39.3 Å². The lowest BCUT2D eigenvalue weighted by Crippen LogP contribution is -2.10. The van der Waals surface area contributed by atoms with Gasteiger partial charge in [0.05, 0.1) is 0 Å². The number of benzene rings is 3. The third-order valence-corrected chi connectivity index (χ3v) is 3.93. The van der Waals surface area contributed by atoms with Crippen molar-refractivity contribution < 1.29 is 0 Å². The summed E-state index contributed by atoms with van der Waals surface area (Å²) in [6.07, 6.45) is 0. The number of rotatable bonds is 2. The molecule has 109 valence electrons. The third kappa shape index (κ3) is 3.12. The molecule has 0 atom stereocenters. The van der Waals surface area contributed by atoms with Crippen molar-refractivity contribution in [3.8, 4) is 22.3 Å². The van der Waals surface area contributed by atoms with Crippen molar-refractivity contribution in [2.75, 3.05) is 0 Å². The average molecular weight is 285 g/mol. The summed E-state index contributed by atoms with van der Waals surface area (Å²) >= 11 is 0. The van der Waals surface area contributed by atoms with Crippen molar-refractivity contribution in [3.63, 3.8) is 0 Å². The Hall–Kier alpha value is -2.34. The van der Waals surface area contributed by atoms with Crippen LogP contribution in [0.5, 0.6) is 0 Å². The third-order valence-electron chi connectivity index (χ3n) is 3.93. The van der Waals surface area contributed by atoms with E-state index in [1.807, 2.05) is 12.1 Å². The van der Waals surface area contributed by atoms with E-state index in [0.29, 0.717) is 0 Å². The van der Waals surface area contributed by atoms with E-state index in [1.54, 1.807) is 0 Å². The van der Waals surface area contributed by atoms with Crippen LogP contribution < -0.4 is 0 Å². The maximum absolute atomic E-state index is 3.36. The molecule has 3 rings (SSSR count). The first-order valence-electron chi connectivity index (χ1n) is 7.72. The van der Waals surface area contributed by atoms with Gasteiger partial charge in [0.2, 0.25) is 0 Å². The summed E-state index contributed by atoms with van der Waals surface area (Å²) in [5.41, 5.74) is 6.38. The van der Waals surface area contributed by atoms with Gasteiger partial charge in [-0.1, -0.05) is 93.6 Å². The summed E-state index contributed by atoms with van der Waals surface area (Å²) in [5, 5.41) is 0. The van der Waals surface area contributed by atoms with Gasteiger partial charge in [0.25, 0.3) is 0 Å². The molecule has 0 saturated carbocycles. The van der Waals surface area contributed by atoms with Gasteiger partial charge < -0.3 is 0 Å². The largest absolute Gasteiger partial charge is 0.0622 e. The van der Waals surface area contributed by atoms with Crippen LogP contribution in [-0.2, 0) is 5.41 Å². The molecule has 0 unspecified atom stereocenters. The molecular weight excluding hydrogens is 264 g/mol. The number of hydrogen-bond acceptors (Lipinski definition) is 0. The molecule has 0 heterocycles. The van der Waals surface area contributed by atoms with E-state index in [4.69, 9.17) is 0 Å². The van der Waals surface area contributed by atoms with Gasteiger partial charge in [0.15, 0.2) is 0 Å². The van der Waals surface area contributed by atoms with Crippen molar-refractivity contribution in [2.24, 2.45) is 0 Å². The van der Waals surface area contributed by atoms with E-state index in [-0.39, 0.29) is 5.41 Å². The Bertz CT molecular complexity index is 744. The average Bonchev–Trinajstić information content (AvgIpc) is 2.55. The van der Waals surface area contributed by atoms with Crippen LogP contribution in [0, 0.1) is 6.07 Å². The van der Waals surface area contributed by atoms with Crippen molar-refractivity contribution in [3.05, 3.63) is 84.4 Å². The minimum atomic E-state index is 0.125. The Kier molecular flexibility index (Phi) is 3.85. The Morgan fingerprint density at radius 3 is 1.77 bits per heavy atom. The molecule has 1 radical (unpaired) electrons. The van der Waals surface area contributed by atoms with E-state index in [2.05, 4.69) is 87.5 Å². The lowest BCUT2D eigenvalue weighted by atomic mass is 9.85. The fourth-order valence-corrected chi connectivity index (χ4v) is 2.56. The van der Waals surface area contributed by atoms with Crippen molar-refractivity contribution in [1.82, 2.24) is 0 Å². The molecule has 0 amide bonds. The Morgan fingerprint density at radius 2 is 1.18 bits per heavy atom. The maximum Gasteiger partial charge on any atom is -0.0125 e. The summed E-state index contributed by atoms with van der Waals surface area (Å²) in [7, 11) is 0. The maximum atomic E-state index is 3.36. The number of hydrogen-bond donors (Lipinski definition) is 0. The van der Waals surface area contributed by atoms with Gasteiger partial charge in [0.1, 0.15) is 0 Å². The zero-order chi connectivity index (χ0) is 15.6. The zero-order valence-corrected chi connectivity index (χ0v) is 13.4. The highest BCUT2D eigenvalue weighted by Gasteiger charge is 2.14. The highest BCUT2D eigenvalue weighted by Crippen LogP contribution is 2.28.